The summed E-state index contributed by atoms with van der Waals surface area (Å²) in [7, 11) is 0. The summed E-state index contributed by atoms with van der Waals surface area (Å²) in [6.07, 6.45) is 1.68. The molecular formula is C17H19N3O2. The zero-order valence-electron chi connectivity index (χ0n) is 12.5. The van der Waals surface area contributed by atoms with Crippen molar-refractivity contribution in [3.63, 3.8) is 0 Å². The number of nitrogens with zero attached hydrogens (tertiary/aromatic N) is 1. The quantitative estimate of drug-likeness (QED) is 0.890. The highest BCUT2D eigenvalue weighted by atomic mass is 16.5. The second kappa shape index (κ2) is 6.58. The van der Waals surface area contributed by atoms with Crippen molar-refractivity contribution < 1.29 is 9.53 Å². The Morgan fingerprint density at radius 3 is 2.64 bits per heavy atom. The van der Waals surface area contributed by atoms with Gasteiger partial charge >= 0.3 is 0 Å². The number of carbonyl (C=O) groups is 1. The van der Waals surface area contributed by atoms with Crippen LogP contribution >= 0.6 is 0 Å². The van der Waals surface area contributed by atoms with Crippen LogP contribution in [-0.4, -0.2) is 24.0 Å². The summed E-state index contributed by atoms with van der Waals surface area (Å²) in [6.45, 7) is 3.82. The highest BCUT2D eigenvalue weighted by molar-refractivity contribution is 5.92. The van der Waals surface area contributed by atoms with Crippen LogP contribution in [0.4, 0.5) is 5.69 Å². The molecule has 2 N–H and O–H groups in total. The number of carbonyl (C=O) groups excluding carboxylic acids is 1. The molecule has 1 aliphatic heterocycles. The number of nitrogens with one attached hydrogen (secondary N) is 2. The van der Waals surface area contributed by atoms with Gasteiger partial charge in [-0.1, -0.05) is 13.0 Å². The first kappa shape index (κ1) is 14.5. The Kier molecular flexibility index (Phi) is 4.34. The van der Waals surface area contributed by atoms with Gasteiger partial charge in [-0.05, 0) is 49.3 Å². The number of pyridine rings is 1. The van der Waals surface area contributed by atoms with Crippen LogP contribution in [-0.2, 0) is 4.79 Å². The maximum atomic E-state index is 12.1. The molecule has 5 heteroatoms. The van der Waals surface area contributed by atoms with E-state index in [1.165, 1.54) is 0 Å². The second-order valence-corrected chi connectivity index (χ2v) is 5.49. The minimum absolute atomic E-state index is 0.0192. The Morgan fingerprint density at radius 2 is 2.05 bits per heavy atom. The smallest absolute Gasteiger partial charge is 0.227 e. The summed E-state index contributed by atoms with van der Waals surface area (Å²) >= 11 is 0. The standard InChI is InChI=1S/C17H19N3O2/c1-12(13-10-18-11-13)17(21)20-14-5-7-15(8-6-14)22-16-4-2-3-9-19-16/h2-9,12-13,18H,10-11H2,1H3,(H,20,21). The van der Waals surface area contributed by atoms with E-state index in [0.717, 1.165) is 18.8 Å². The molecule has 0 saturated carbocycles. The monoisotopic (exact) mass is 297 g/mol. The number of ether oxygens (including phenoxy) is 1. The Morgan fingerprint density at radius 1 is 1.27 bits per heavy atom. The summed E-state index contributed by atoms with van der Waals surface area (Å²) in [6, 6.07) is 12.8. The highest BCUT2D eigenvalue weighted by Crippen LogP contribution is 2.22. The fourth-order valence-electron chi connectivity index (χ4n) is 2.27. The Balaban J connectivity index is 1.58. The Bertz CT molecular complexity index is 624. The average molecular weight is 297 g/mol. The number of anilines is 1. The largest absolute Gasteiger partial charge is 0.439 e. The first-order chi connectivity index (χ1) is 10.7. The fourth-order valence-corrected chi connectivity index (χ4v) is 2.27. The molecule has 1 saturated heterocycles. The second-order valence-electron chi connectivity index (χ2n) is 5.49. The topological polar surface area (TPSA) is 63.2 Å². The highest BCUT2D eigenvalue weighted by Gasteiger charge is 2.28. The van der Waals surface area contributed by atoms with Crippen LogP contribution in [0.15, 0.2) is 48.7 Å². The van der Waals surface area contributed by atoms with Gasteiger partial charge in [-0.15, -0.1) is 0 Å². The van der Waals surface area contributed by atoms with Crippen molar-refractivity contribution in [1.82, 2.24) is 10.3 Å². The van der Waals surface area contributed by atoms with Gasteiger partial charge in [-0.2, -0.15) is 0 Å². The van der Waals surface area contributed by atoms with Crippen molar-refractivity contribution in [1.29, 1.82) is 0 Å². The van der Waals surface area contributed by atoms with E-state index in [0.29, 0.717) is 17.5 Å². The van der Waals surface area contributed by atoms with Crippen molar-refractivity contribution in [2.75, 3.05) is 18.4 Å². The molecule has 5 nitrogen and oxygen atoms in total. The van der Waals surface area contributed by atoms with E-state index in [1.807, 2.05) is 43.3 Å². The Labute approximate surface area is 129 Å². The number of amides is 1. The van der Waals surface area contributed by atoms with Gasteiger partial charge in [0.1, 0.15) is 5.75 Å². The maximum absolute atomic E-state index is 12.1. The summed E-state index contributed by atoms with van der Waals surface area (Å²) in [5.74, 6) is 1.75. The number of benzene rings is 1. The van der Waals surface area contributed by atoms with Crippen molar-refractivity contribution >= 4 is 11.6 Å². The molecule has 114 valence electrons. The lowest BCUT2D eigenvalue weighted by atomic mass is 9.88. The lowest BCUT2D eigenvalue weighted by Crippen LogP contribution is -2.48. The van der Waals surface area contributed by atoms with Crippen molar-refractivity contribution in [3.05, 3.63) is 48.7 Å². The van der Waals surface area contributed by atoms with E-state index < -0.39 is 0 Å². The number of hydrogen-bond acceptors (Lipinski definition) is 4. The molecule has 0 aliphatic carbocycles. The van der Waals surface area contributed by atoms with Gasteiger partial charge < -0.3 is 15.4 Å². The first-order valence-corrected chi connectivity index (χ1v) is 7.43. The summed E-state index contributed by atoms with van der Waals surface area (Å²) in [5, 5.41) is 6.13. The SMILES string of the molecule is CC(C(=O)Nc1ccc(Oc2ccccn2)cc1)C1CNC1. The van der Waals surface area contributed by atoms with Gasteiger partial charge in [-0.3, -0.25) is 4.79 Å². The zero-order chi connectivity index (χ0) is 15.4. The minimum atomic E-state index is 0.0192. The van der Waals surface area contributed by atoms with Gasteiger partial charge in [0.25, 0.3) is 0 Å². The van der Waals surface area contributed by atoms with Crippen LogP contribution in [0.2, 0.25) is 0 Å². The van der Waals surface area contributed by atoms with Gasteiger partial charge in [0.2, 0.25) is 11.8 Å². The van der Waals surface area contributed by atoms with Gasteiger partial charge in [0, 0.05) is 23.9 Å². The van der Waals surface area contributed by atoms with E-state index >= 15 is 0 Å². The molecule has 1 aromatic heterocycles. The molecule has 22 heavy (non-hydrogen) atoms. The van der Waals surface area contributed by atoms with E-state index in [2.05, 4.69) is 15.6 Å². The molecule has 3 rings (SSSR count). The van der Waals surface area contributed by atoms with Crippen LogP contribution in [0.25, 0.3) is 0 Å². The maximum Gasteiger partial charge on any atom is 0.227 e. The summed E-state index contributed by atoms with van der Waals surface area (Å²) in [5.41, 5.74) is 0.775. The number of aromatic nitrogens is 1. The average Bonchev–Trinajstić information content (AvgIpc) is 2.48. The van der Waals surface area contributed by atoms with Crippen molar-refractivity contribution in [2.24, 2.45) is 11.8 Å². The van der Waals surface area contributed by atoms with Crippen LogP contribution in [0, 0.1) is 11.8 Å². The van der Waals surface area contributed by atoms with Crippen molar-refractivity contribution in [3.8, 4) is 11.6 Å². The molecule has 1 aliphatic rings. The third kappa shape index (κ3) is 3.43. The molecule has 1 aromatic carbocycles. The summed E-state index contributed by atoms with van der Waals surface area (Å²) in [4.78, 5) is 16.2. The third-order valence-electron chi connectivity index (χ3n) is 3.92. The molecule has 1 unspecified atom stereocenters. The van der Waals surface area contributed by atoms with Crippen LogP contribution in [0.5, 0.6) is 11.6 Å². The Hall–Kier alpha value is -2.40. The van der Waals surface area contributed by atoms with Gasteiger partial charge in [-0.25, -0.2) is 4.98 Å². The van der Waals surface area contributed by atoms with Crippen molar-refractivity contribution in [2.45, 2.75) is 6.92 Å². The number of hydrogen-bond donors (Lipinski definition) is 2. The van der Waals surface area contributed by atoms with E-state index in [1.54, 1.807) is 12.3 Å². The normalized spacial score (nSPS) is 15.7. The van der Waals surface area contributed by atoms with E-state index in [9.17, 15) is 4.79 Å². The van der Waals surface area contributed by atoms with Crippen LogP contribution in [0.1, 0.15) is 6.92 Å². The fraction of sp³-hybridized carbons (Fsp3) is 0.294. The van der Waals surface area contributed by atoms with Crippen LogP contribution in [0.3, 0.4) is 0 Å². The molecule has 0 radical (unpaired) electrons. The zero-order valence-corrected chi connectivity index (χ0v) is 12.5. The lowest BCUT2D eigenvalue weighted by molar-refractivity contribution is -0.121. The van der Waals surface area contributed by atoms with Gasteiger partial charge in [0.15, 0.2) is 0 Å². The lowest BCUT2D eigenvalue weighted by Gasteiger charge is -2.31. The minimum Gasteiger partial charge on any atom is -0.439 e. The van der Waals surface area contributed by atoms with E-state index in [-0.39, 0.29) is 11.8 Å². The predicted octanol–water partition coefficient (Wildman–Crippen LogP) is 2.67. The van der Waals surface area contributed by atoms with Crippen LogP contribution < -0.4 is 15.4 Å². The molecule has 0 bridgehead atoms. The molecule has 2 heterocycles. The summed E-state index contributed by atoms with van der Waals surface area (Å²) < 4.78 is 5.62. The first-order valence-electron chi connectivity index (χ1n) is 7.43. The third-order valence-corrected chi connectivity index (χ3v) is 3.92. The van der Waals surface area contributed by atoms with Gasteiger partial charge in [0.05, 0.1) is 0 Å². The molecule has 1 amide bonds. The van der Waals surface area contributed by atoms with E-state index in [4.69, 9.17) is 4.74 Å². The molecule has 0 spiro atoms. The molecule has 1 atom stereocenters. The molecule has 2 aromatic rings. The molecule has 1 fully saturated rings. The predicted molar refractivity (Wildman–Crippen MR) is 84.9 cm³/mol. The molecular weight excluding hydrogens is 278 g/mol. The number of rotatable bonds is 5.